The highest BCUT2D eigenvalue weighted by atomic mass is 16.5. The molecule has 1 aromatic carbocycles. The Morgan fingerprint density at radius 1 is 1.28 bits per heavy atom. The predicted molar refractivity (Wildman–Crippen MR) is 103 cm³/mol. The van der Waals surface area contributed by atoms with Crippen LogP contribution in [0.5, 0.6) is 5.75 Å². The van der Waals surface area contributed by atoms with Crippen LogP contribution in [0.25, 0.3) is 11.1 Å². The summed E-state index contributed by atoms with van der Waals surface area (Å²) in [5.41, 5.74) is 0.431. The van der Waals surface area contributed by atoms with Gasteiger partial charge in [-0.25, -0.2) is 4.79 Å². The van der Waals surface area contributed by atoms with Gasteiger partial charge < -0.3 is 19.3 Å². The van der Waals surface area contributed by atoms with E-state index in [0.717, 1.165) is 10.1 Å². The molecule has 1 amide bonds. The topological polar surface area (TPSA) is 126 Å². The van der Waals surface area contributed by atoms with Crippen LogP contribution in [0.4, 0.5) is 5.69 Å². The summed E-state index contributed by atoms with van der Waals surface area (Å²) >= 11 is 0. The minimum absolute atomic E-state index is 0.0902. The van der Waals surface area contributed by atoms with Crippen LogP contribution in [0.1, 0.15) is 28.8 Å². The van der Waals surface area contributed by atoms with Crippen LogP contribution in [0.2, 0.25) is 0 Å². The van der Waals surface area contributed by atoms with Crippen molar-refractivity contribution < 1.29 is 23.6 Å². The van der Waals surface area contributed by atoms with Gasteiger partial charge in [-0.1, -0.05) is 11.2 Å². The van der Waals surface area contributed by atoms with E-state index in [-0.39, 0.29) is 35.8 Å². The Kier molecular flexibility index (Phi) is 5.62. The zero-order chi connectivity index (χ0) is 21.1. The fraction of sp³-hybridized carbons (Fsp3) is 0.316. The van der Waals surface area contributed by atoms with Gasteiger partial charge in [0.25, 0.3) is 11.3 Å². The molecule has 152 valence electrons. The van der Waals surface area contributed by atoms with Crippen molar-refractivity contribution in [2.75, 3.05) is 19.0 Å². The van der Waals surface area contributed by atoms with Gasteiger partial charge in [0.2, 0.25) is 11.6 Å². The van der Waals surface area contributed by atoms with E-state index in [4.69, 9.17) is 14.0 Å². The van der Waals surface area contributed by atoms with E-state index in [1.807, 2.05) is 13.0 Å². The standard InChI is InChI=1S/C19H20N4O6/c1-5-28-19(26)16-15-17(29-22-16)20-11(3)23(18(15)25)9-14(24)21-12-8-10(2)6-7-13(12)27-4/h6-8H,5,9H2,1-4H3,(H,21,24). The molecule has 2 aromatic heterocycles. The van der Waals surface area contributed by atoms with Crippen molar-refractivity contribution in [2.45, 2.75) is 27.3 Å². The Morgan fingerprint density at radius 3 is 2.72 bits per heavy atom. The van der Waals surface area contributed by atoms with Crippen molar-refractivity contribution in [3.8, 4) is 5.75 Å². The molecule has 0 aliphatic carbocycles. The van der Waals surface area contributed by atoms with Crippen LogP contribution < -0.4 is 15.6 Å². The molecule has 0 bridgehead atoms. The molecule has 0 saturated carbocycles. The van der Waals surface area contributed by atoms with Crippen LogP contribution in [0.3, 0.4) is 0 Å². The van der Waals surface area contributed by atoms with E-state index < -0.39 is 17.4 Å². The van der Waals surface area contributed by atoms with Crippen molar-refractivity contribution in [2.24, 2.45) is 0 Å². The van der Waals surface area contributed by atoms with Gasteiger partial charge in [-0.15, -0.1) is 0 Å². The fourth-order valence-corrected chi connectivity index (χ4v) is 2.82. The van der Waals surface area contributed by atoms with Crippen LogP contribution in [0.15, 0.2) is 27.5 Å². The quantitative estimate of drug-likeness (QED) is 0.621. The maximum Gasteiger partial charge on any atom is 0.361 e. The summed E-state index contributed by atoms with van der Waals surface area (Å²) in [7, 11) is 1.50. The highest BCUT2D eigenvalue weighted by Gasteiger charge is 2.24. The maximum absolute atomic E-state index is 12.9. The number of ether oxygens (including phenoxy) is 2. The SMILES string of the molecule is CCOC(=O)c1noc2nc(C)n(CC(=O)Nc3cc(C)ccc3OC)c(=O)c12. The minimum Gasteiger partial charge on any atom is -0.495 e. The van der Waals surface area contributed by atoms with Gasteiger partial charge in [-0.2, -0.15) is 4.98 Å². The Labute approximate surface area is 165 Å². The maximum atomic E-state index is 12.9. The zero-order valence-corrected chi connectivity index (χ0v) is 16.4. The third-order valence-corrected chi connectivity index (χ3v) is 4.19. The number of hydrogen-bond donors (Lipinski definition) is 1. The lowest BCUT2D eigenvalue weighted by atomic mass is 10.2. The summed E-state index contributed by atoms with van der Waals surface area (Å²) in [4.78, 5) is 41.6. The summed E-state index contributed by atoms with van der Waals surface area (Å²) in [6.07, 6.45) is 0. The molecule has 0 spiro atoms. The number of esters is 1. The minimum atomic E-state index is -0.797. The second kappa shape index (κ2) is 8.13. The number of anilines is 1. The van der Waals surface area contributed by atoms with Crippen LogP contribution >= 0.6 is 0 Å². The number of rotatable bonds is 6. The van der Waals surface area contributed by atoms with E-state index in [2.05, 4.69) is 15.5 Å². The number of aryl methyl sites for hydroxylation is 2. The first-order valence-electron chi connectivity index (χ1n) is 8.84. The van der Waals surface area contributed by atoms with Crippen molar-refractivity contribution >= 4 is 28.7 Å². The van der Waals surface area contributed by atoms with E-state index in [0.29, 0.717) is 11.4 Å². The number of carbonyl (C=O) groups excluding carboxylic acids is 2. The molecule has 29 heavy (non-hydrogen) atoms. The number of benzene rings is 1. The molecule has 10 heteroatoms. The number of amides is 1. The molecule has 3 rings (SSSR count). The number of nitrogens with one attached hydrogen (secondary N) is 1. The Bertz CT molecular complexity index is 1150. The third kappa shape index (κ3) is 3.96. The molecular weight excluding hydrogens is 380 g/mol. The molecule has 0 aliphatic heterocycles. The number of nitrogens with zero attached hydrogens (tertiary/aromatic N) is 3. The molecule has 0 fully saturated rings. The largest absolute Gasteiger partial charge is 0.495 e. The molecule has 0 aliphatic rings. The Hall–Kier alpha value is -3.69. The van der Waals surface area contributed by atoms with Crippen molar-refractivity contribution in [3.05, 3.63) is 45.6 Å². The summed E-state index contributed by atoms with van der Waals surface area (Å²) in [5.74, 6) is -0.533. The van der Waals surface area contributed by atoms with Gasteiger partial charge in [0.1, 0.15) is 23.5 Å². The molecule has 1 N–H and O–H groups in total. The zero-order valence-electron chi connectivity index (χ0n) is 16.4. The second-order valence-corrected chi connectivity index (χ2v) is 6.23. The van der Waals surface area contributed by atoms with Gasteiger partial charge >= 0.3 is 5.97 Å². The molecule has 0 saturated heterocycles. The lowest BCUT2D eigenvalue weighted by Crippen LogP contribution is -2.30. The van der Waals surface area contributed by atoms with Gasteiger partial charge in [0.15, 0.2) is 0 Å². The van der Waals surface area contributed by atoms with E-state index in [9.17, 15) is 14.4 Å². The highest BCUT2D eigenvalue weighted by molar-refractivity contribution is 6.00. The lowest BCUT2D eigenvalue weighted by molar-refractivity contribution is -0.116. The average Bonchev–Trinajstić information content (AvgIpc) is 3.09. The van der Waals surface area contributed by atoms with Gasteiger partial charge in [0, 0.05) is 0 Å². The Balaban J connectivity index is 1.95. The normalized spacial score (nSPS) is 10.8. The van der Waals surface area contributed by atoms with Gasteiger partial charge in [-0.3, -0.25) is 14.2 Å². The number of carbonyl (C=O) groups is 2. The molecule has 2 heterocycles. The van der Waals surface area contributed by atoms with Crippen LogP contribution in [-0.2, 0) is 16.1 Å². The van der Waals surface area contributed by atoms with Crippen molar-refractivity contribution in [3.63, 3.8) is 0 Å². The second-order valence-electron chi connectivity index (χ2n) is 6.23. The molecular formula is C19H20N4O6. The van der Waals surface area contributed by atoms with Crippen LogP contribution in [0, 0.1) is 13.8 Å². The van der Waals surface area contributed by atoms with E-state index >= 15 is 0 Å². The monoisotopic (exact) mass is 400 g/mol. The number of aromatic nitrogens is 3. The van der Waals surface area contributed by atoms with Crippen molar-refractivity contribution in [1.82, 2.24) is 14.7 Å². The molecule has 10 nitrogen and oxygen atoms in total. The molecule has 0 unspecified atom stereocenters. The molecule has 0 atom stereocenters. The van der Waals surface area contributed by atoms with E-state index in [1.54, 1.807) is 26.0 Å². The highest BCUT2D eigenvalue weighted by Crippen LogP contribution is 2.25. The summed E-state index contributed by atoms with van der Waals surface area (Å²) < 4.78 is 16.3. The van der Waals surface area contributed by atoms with Crippen LogP contribution in [-0.4, -0.2) is 40.3 Å². The first kappa shape index (κ1) is 20.1. The lowest BCUT2D eigenvalue weighted by Gasteiger charge is -2.13. The number of hydrogen-bond acceptors (Lipinski definition) is 8. The predicted octanol–water partition coefficient (Wildman–Crippen LogP) is 1.83. The van der Waals surface area contributed by atoms with E-state index in [1.165, 1.54) is 7.11 Å². The summed E-state index contributed by atoms with van der Waals surface area (Å²) in [6.45, 7) is 4.85. The Morgan fingerprint density at radius 2 is 2.03 bits per heavy atom. The summed E-state index contributed by atoms with van der Waals surface area (Å²) in [5, 5.41) is 6.19. The molecule has 0 radical (unpaired) electrons. The average molecular weight is 400 g/mol. The van der Waals surface area contributed by atoms with Gasteiger partial charge in [-0.05, 0) is 38.5 Å². The van der Waals surface area contributed by atoms with Crippen molar-refractivity contribution in [1.29, 1.82) is 0 Å². The number of methoxy groups -OCH3 is 1. The first-order valence-corrected chi connectivity index (χ1v) is 8.84. The molecule has 3 aromatic rings. The smallest absolute Gasteiger partial charge is 0.361 e. The van der Waals surface area contributed by atoms with Gasteiger partial charge in [0.05, 0.1) is 19.4 Å². The number of fused-ring (bicyclic) bond motifs is 1. The third-order valence-electron chi connectivity index (χ3n) is 4.19. The first-order chi connectivity index (χ1) is 13.8. The summed E-state index contributed by atoms with van der Waals surface area (Å²) in [6, 6.07) is 5.34. The fourth-order valence-electron chi connectivity index (χ4n) is 2.82.